The summed E-state index contributed by atoms with van der Waals surface area (Å²) < 4.78 is 24.8. The van der Waals surface area contributed by atoms with E-state index in [1.54, 1.807) is 0 Å². The largest absolute Gasteiger partial charge is 0.480 e. The van der Waals surface area contributed by atoms with Crippen molar-refractivity contribution < 1.29 is 23.1 Å². The first-order valence-corrected chi connectivity index (χ1v) is 6.81. The van der Waals surface area contributed by atoms with Crippen LogP contribution in [0.2, 0.25) is 5.02 Å². The highest BCUT2D eigenvalue weighted by atomic mass is 35.5. The Bertz CT molecular complexity index is 586. The highest BCUT2D eigenvalue weighted by molar-refractivity contribution is 7.89. The first-order valence-electron chi connectivity index (χ1n) is 4.99. The normalized spacial score (nSPS) is 11.5. The number of primary amides is 1. The van der Waals surface area contributed by atoms with Crippen LogP contribution in [0.3, 0.4) is 0 Å². The van der Waals surface area contributed by atoms with Gasteiger partial charge in [0.15, 0.2) is 0 Å². The lowest BCUT2D eigenvalue weighted by molar-refractivity contribution is -0.137. The van der Waals surface area contributed by atoms with Gasteiger partial charge >= 0.3 is 5.97 Å². The van der Waals surface area contributed by atoms with E-state index in [-0.39, 0.29) is 9.92 Å². The Kier molecular flexibility index (Phi) is 4.87. The summed E-state index contributed by atoms with van der Waals surface area (Å²) in [6.45, 7) is -1.58. The number of amides is 1. The number of benzene rings is 1. The third-order valence-electron chi connectivity index (χ3n) is 2.08. The van der Waals surface area contributed by atoms with Crippen molar-refractivity contribution in [1.82, 2.24) is 4.31 Å². The number of nitrogens with zero attached hydrogens (tertiary/aromatic N) is 1. The number of hydrogen-bond donors (Lipinski definition) is 2. The molecule has 0 aromatic heterocycles. The first kappa shape index (κ1) is 15.4. The second kappa shape index (κ2) is 6.00. The Hall–Kier alpha value is -1.64. The van der Waals surface area contributed by atoms with E-state index in [0.29, 0.717) is 4.31 Å². The van der Waals surface area contributed by atoms with Crippen molar-refractivity contribution in [1.29, 1.82) is 0 Å². The fourth-order valence-electron chi connectivity index (χ4n) is 1.33. The molecule has 0 aliphatic heterocycles. The molecule has 9 heteroatoms. The minimum absolute atomic E-state index is 0.176. The van der Waals surface area contributed by atoms with Crippen molar-refractivity contribution in [2.24, 2.45) is 5.73 Å². The lowest BCUT2D eigenvalue weighted by Crippen LogP contribution is -2.41. The van der Waals surface area contributed by atoms with Gasteiger partial charge in [-0.05, 0) is 18.2 Å². The lowest BCUT2D eigenvalue weighted by Gasteiger charge is -2.18. The number of aliphatic carboxylic acids is 1. The van der Waals surface area contributed by atoms with Gasteiger partial charge in [0.25, 0.3) is 0 Å². The van der Waals surface area contributed by atoms with E-state index < -0.39 is 35.0 Å². The summed E-state index contributed by atoms with van der Waals surface area (Å²) in [6, 6.07) is 5.28. The average Bonchev–Trinajstić information content (AvgIpc) is 2.26. The maximum absolute atomic E-state index is 12.2. The fraction of sp³-hybridized carbons (Fsp3) is 0.200. The van der Waals surface area contributed by atoms with Gasteiger partial charge in [-0.25, -0.2) is 8.42 Å². The number of nitrogens with two attached hydrogens (primary N) is 1. The van der Waals surface area contributed by atoms with Crippen LogP contribution in [0.1, 0.15) is 0 Å². The van der Waals surface area contributed by atoms with Crippen LogP contribution in [-0.2, 0) is 19.6 Å². The molecule has 1 aromatic rings. The van der Waals surface area contributed by atoms with Gasteiger partial charge in [-0.2, -0.15) is 4.31 Å². The van der Waals surface area contributed by atoms with Gasteiger partial charge in [-0.1, -0.05) is 17.7 Å². The van der Waals surface area contributed by atoms with E-state index in [9.17, 15) is 18.0 Å². The zero-order chi connectivity index (χ0) is 14.6. The Morgan fingerprint density at radius 3 is 2.42 bits per heavy atom. The minimum Gasteiger partial charge on any atom is -0.480 e. The molecule has 0 saturated carbocycles. The summed E-state index contributed by atoms with van der Waals surface area (Å²) in [4.78, 5) is 21.3. The third-order valence-corrected chi connectivity index (χ3v) is 4.10. The van der Waals surface area contributed by atoms with Crippen LogP contribution < -0.4 is 5.73 Å². The molecule has 0 unspecified atom stereocenters. The summed E-state index contributed by atoms with van der Waals surface area (Å²) in [5, 5.41) is 8.85. The second-order valence-electron chi connectivity index (χ2n) is 3.59. The van der Waals surface area contributed by atoms with E-state index in [1.807, 2.05) is 0 Å². The number of carbonyl (C=O) groups is 2. The molecule has 1 rings (SSSR count). The van der Waals surface area contributed by atoms with Crippen molar-refractivity contribution in [2.75, 3.05) is 13.1 Å². The van der Waals surface area contributed by atoms with E-state index >= 15 is 0 Å². The number of carbonyl (C=O) groups excluding carboxylic acids is 1. The molecule has 7 nitrogen and oxygen atoms in total. The van der Waals surface area contributed by atoms with Gasteiger partial charge in [0.2, 0.25) is 15.9 Å². The molecule has 0 aliphatic carbocycles. The molecule has 104 valence electrons. The van der Waals surface area contributed by atoms with E-state index in [1.165, 1.54) is 18.2 Å². The molecule has 1 aromatic carbocycles. The number of halogens is 1. The van der Waals surface area contributed by atoms with Crippen LogP contribution in [-0.4, -0.2) is 42.8 Å². The standard InChI is InChI=1S/C10H11ClN2O5S/c11-7-2-1-3-8(4-7)19(17,18)13(5-9(12)14)6-10(15)16/h1-4H,5-6H2,(H2,12,14)(H,15,16). The Balaban J connectivity index is 3.18. The van der Waals surface area contributed by atoms with Gasteiger partial charge < -0.3 is 10.8 Å². The van der Waals surface area contributed by atoms with Crippen LogP contribution in [0.5, 0.6) is 0 Å². The zero-order valence-electron chi connectivity index (χ0n) is 9.61. The molecule has 0 aliphatic rings. The van der Waals surface area contributed by atoms with Crippen LogP contribution in [0.25, 0.3) is 0 Å². The summed E-state index contributed by atoms with van der Waals surface area (Å²) >= 11 is 5.68. The van der Waals surface area contributed by atoms with Gasteiger partial charge in [0.05, 0.1) is 11.4 Å². The predicted molar refractivity (Wildman–Crippen MR) is 67.0 cm³/mol. The van der Waals surface area contributed by atoms with Crippen LogP contribution >= 0.6 is 11.6 Å². The SMILES string of the molecule is NC(=O)CN(CC(=O)O)S(=O)(=O)c1cccc(Cl)c1. The maximum Gasteiger partial charge on any atom is 0.318 e. The minimum atomic E-state index is -4.15. The smallest absolute Gasteiger partial charge is 0.318 e. The molecule has 0 atom stereocenters. The molecular formula is C10H11ClN2O5S. The van der Waals surface area contributed by atoms with E-state index in [4.69, 9.17) is 22.4 Å². The fourth-order valence-corrected chi connectivity index (χ4v) is 2.98. The van der Waals surface area contributed by atoms with Gasteiger partial charge in [0, 0.05) is 5.02 Å². The molecule has 1 amide bonds. The lowest BCUT2D eigenvalue weighted by atomic mass is 10.4. The zero-order valence-corrected chi connectivity index (χ0v) is 11.2. The molecular weight excluding hydrogens is 296 g/mol. The Morgan fingerprint density at radius 1 is 1.32 bits per heavy atom. The predicted octanol–water partition coefficient (Wildman–Crippen LogP) is -0.0994. The topological polar surface area (TPSA) is 118 Å². The Morgan fingerprint density at radius 2 is 1.95 bits per heavy atom. The molecule has 3 N–H and O–H groups in total. The van der Waals surface area contributed by atoms with Crippen molar-refractivity contribution in [3.05, 3.63) is 29.3 Å². The van der Waals surface area contributed by atoms with Crippen LogP contribution in [0, 0.1) is 0 Å². The van der Waals surface area contributed by atoms with E-state index in [2.05, 4.69) is 0 Å². The number of hydrogen-bond acceptors (Lipinski definition) is 4. The van der Waals surface area contributed by atoms with Gasteiger partial charge in [0.1, 0.15) is 6.54 Å². The maximum atomic E-state index is 12.2. The van der Waals surface area contributed by atoms with Crippen LogP contribution in [0.4, 0.5) is 0 Å². The Labute approximate surface area is 114 Å². The number of carboxylic acid groups (broad SMARTS) is 1. The van der Waals surface area contributed by atoms with Crippen molar-refractivity contribution >= 4 is 33.5 Å². The van der Waals surface area contributed by atoms with Crippen molar-refractivity contribution in [2.45, 2.75) is 4.90 Å². The highest BCUT2D eigenvalue weighted by Crippen LogP contribution is 2.19. The van der Waals surface area contributed by atoms with Crippen molar-refractivity contribution in [3.63, 3.8) is 0 Å². The number of carboxylic acids is 1. The first-order chi connectivity index (χ1) is 8.73. The molecule has 0 radical (unpaired) electrons. The van der Waals surface area contributed by atoms with Crippen molar-refractivity contribution in [3.8, 4) is 0 Å². The van der Waals surface area contributed by atoms with Gasteiger partial charge in [-0.15, -0.1) is 0 Å². The number of sulfonamides is 1. The molecule has 0 spiro atoms. The molecule has 0 fully saturated rings. The van der Waals surface area contributed by atoms with Crippen LogP contribution in [0.15, 0.2) is 29.2 Å². The summed E-state index contributed by atoms with van der Waals surface area (Å²) in [5.41, 5.74) is 4.91. The molecule has 0 bridgehead atoms. The second-order valence-corrected chi connectivity index (χ2v) is 5.96. The summed E-state index contributed by atoms with van der Waals surface area (Å²) in [6.07, 6.45) is 0. The van der Waals surface area contributed by atoms with E-state index in [0.717, 1.165) is 6.07 Å². The highest BCUT2D eigenvalue weighted by Gasteiger charge is 2.28. The molecule has 19 heavy (non-hydrogen) atoms. The molecule has 0 heterocycles. The molecule has 0 saturated heterocycles. The summed E-state index contributed by atoms with van der Waals surface area (Å²) in [5.74, 6) is -2.35. The third kappa shape index (κ3) is 4.19. The average molecular weight is 307 g/mol. The summed E-state index contributed by atoms with van der Waals surface area (Å²) in [7, 11) is -4.15. The number of rotatable bonds is 6. The van der Waals surface area contributed by atoms with Gasteiger partial charge in [-0.3, -0.25) is 9.59 Å². The quantitative estimate of drug-likeness (QED) is 0.761. The monoisotopic (exact) mass is 306 g/mol.